The highest BCUT2D eigenvalue weighted by Crippen LogP contribution is 2.28. The van der Waals surface area contributed by atoms with Crippen LogP contribution in [0.4, 0.5) is 0 Å². The summed E-state index contributed by atoms with van der Waals surface area (Å²) in [6.45, 7) is 4.58. The number of rotatable bonds is 7. The number of amides is 1. The van der Waals surface area contributed by atoms with Gasteiger partial charge in [-0.05, 0) is 41.7 Å². The van der Waals surface area contributed by atoms with Crippen LogP contribution in [0.1, 0.15) is 37.3 Å². The molecule has 0 fully saturated rings. The lowest BCUT2D eigenvalue weighted by molar-refractivity contribution is -0.123. The van der Waals surface area contributed by atoms with Crippen molar-refractivity contribution in [2.24, 2.45) is 0 Å². The summed E-state index contributed by atoms with van der Waals surface area (Å²) in [4.78, 5) is 12.0. The predicted octanol–water partition coefficient (Wildman–Crippen LogP) is 5.20. The second-order valence-corrected chi connectivity index (χ2v) is 6.49. The van der Waals surface area contributed by atoms with Gasteiger partial charge in [0, 0.05) is 16.6 Å². The first kappa shape index (κ1) is 18.6. The third kappa shape index (κ3) is 5.15. The highest BCUT2D eigenvalue weighted by molar-refractivity contribution is 6.35. The van der Waals surface area contributed by atoms with Crippen molar-refractivity contribution in [1.29, 1.82) is 0 Å². The van der Waals surface area contributed by atoms with Crippen LogP contribution in [0.2, 0.25) is 10.0 Å². The SMILES string of the molecule is CCC(C)c1ccccc1OCC(=O)NCc1ccc(Cl)cc1Cl. The Morgan fingerprint density at radius 1 is 1.21 bits per heavy atom. The van der Waals surface area contributed by atoms with E-state index in [1.54, 1.807) is 18.2 Å². The molecule has 2 rings (SSSR count). The van der Waals surface area contributed by atoms with E-state index in [2.05, 4.69) is 19.2 Å². The first-order valence-corrected chi connectivity index (χ1v) is 8.69. The molecule has 0 aliphatic rings. The maximum absolute atomic E-state index is 12.0. The lowest BCUT2D eigenvalue weighted by atomic mass is 9.98. The van der Waals surface area contributed by atoms with Crippen LogP contribution in [0.5, 0.6) is 5.75 Å². The van der Waals surface area contributed by atoms with Gasteiger partial charge in [0.2, 0.25) is 0 Å². The van der Waals surface area contributed by atoms with E-state index in [9.17, 15) is 4.79 Å². The molecule has 0 heterocycles. The van der Waals surface area contributed by atoms with Gasteiger partial charge in [0.05, 0.1) is 0 Å². The Balaban J connectivity index is 1.90. The first-order valence-electron chi connectivity index (χ1n) is 7.93. The summed E-state index contributed by atoms with van der Waals surface area (Å²) in [6, 6.07) is 13.0. The molecule has 0 saturated carbocycles. The van der Waals surface area contributed by atoms with Crippen LogP contribution in [0.25, 0.3) is 0 Å². The molecular formula is C19H21Cl2NO2. The summed E-state index contributed by atoms with van der Waals surface area (Å²) in [6.07, 6.45) is 1.02. The minimum atomic E-state index is -0.194. The van der Waals surface area contributed by atoms with Crippen molar-refractivity contribution in [3.63, 3.8) is 0 Å². The van der Waals surface area contributed by atoms with E-state index >= 15 is 0 Å². The van der Waals surface area contributed by atoms with Gasteiger partial charge in [0.15, 0.2) is 6.61 Å². The van der Waals surface area contributed by atoms with Crippen molar-refractivity contribution in [3.8, 4) is 5.75 Å². The Bertz CT molecular complexity index is 704. The number of ether oxygens (including phenoxy) is 1. The van der Waals surface area contributed by atoms with Gasteiger partial charge in [-0.2, -0.15) is 0 Å². The van der Waals surface area contributed by atoms with Crippen molar-refractivity contribution in [3.05, 3.63) is 63.6 Å². The van der Waals surface area contributed by atoms with Crippen LogP contribution >= 0.6 is 23.2 Å². The lowest BCUT2D eigenvalue weighted by Gasteiger charge is -2.15. The topological polar surface area (TPSA) is 38.3 Å². The number of para-hydroxylation sites is 1. The average molecular weight is 366 g/mol. The number of hydrogen-bond acceptors (Lipinski definition) is 2. The molecule has 1 atom stereocenters. The molecule has 3 nitrogen and oxygen atoms in total. The van der Waals surface area contributed by atoms with Gasteiger partial charge in [-0.25, -0.2) is 0 Å². The fraction of sp³-hybridized carbons (Fsp3) is 0.316. The third-order valence-electron chi connectivity index (χ3n) is 3.91. The normalized spacial score (nSPS) is 11.8. The van der Waals surface area contributed by atoms with Crippen molar-refractivity contribution in [2.45, 2.75) is 32.7 Å². The molecule has 1 N–H and O–H groups in total. The standard InChI is InChI=1S/C19H21Cl2NO2/c1-3-13(2)16-6-4-5-7-18(16)24-12-19(23)22-11-14-8-9-15(20)10-17(14)21/h4-10,13H,3,11-12H2,1-2H3,(H,22,23). The van der Waals surface area contributed by atoms with Gasteiger partial charge >= 0.3 is 0 Å². The molecule has 0 radical (unpaired) electrons. The summed E-state index contributed by atoms with van der Waals surface area (Å²) >= 11 is 11.9. The molecule has 0 bridgehead atoms. The number of hydrogen-bond donors (Lipinski definition) is 1. The smallest absolute Gasteiger partial charge is 0.258 e. The second-order valence-electron chi connectivity index (χ2n) is 5.65. The van der Waals surface area contributed by atoms with Gasteiger partial charge in [-0.15, -0.1) is 0 Å². The largest absolute Gasteiger partial charge is 0.483 e. The third-order valence-corrected chi connectivity index (χ3v) is 4.50. The highest BCUT2D eigenvalue weighted by atomic mass is 35.5. The molecular weight excluding hydrogens is 345 g/mol. The number of nitrogens with one attached hydrogen (secondary N) is 1. The van der Waals surface area contributed by atoms with Crippen molar-refractivity contribution in [1.82, 2.24) is 5.32 Å². The van der Waals surface area contributed by atoms with Gasteiger partial charge in [0.25, 0.3) is 5.91 Å². The summed E-state index contributed by atoms with van der Waals surface area (Å²) in [5.74, 6) is 0.948. The van der Waals surface area contributed by atoms with Crippen molar-refractivity contribution >= 4 is 29.1 Å². The van der Waals surface area contributed by atoms with Crippen LogP contribution in [-0.2, 0) is 11.3 Å². The Morgan fingerprint density at radius 2 is 1.96 bits per heavy atom. The maximum Gasteiger partial charge on any atom is 0.258 e. The molecule has 1 unspecified atom stereocenters. The van der Waals surface area contributed by atoms with E-state index in [1.807, 2.05) is 24.3 Å². The summed E-state index contributed by atoms with van der Waals surface area (Å²) in [5, 5.41) is 3.90. The Kier molecular flexibility index (Phi) is 6.95. The Labute approximate surface area is 152 Å². The van der Waals surface area contributed by atoms with Crippen LogP contribution < -0.4 is 10.1 Å². The minimum Gasteiger partial charge on any atom is -0.483 e. The maximum atomic E-state index is 12.0. The molecule has 0 aliphatic carbocycles. The zero-order valence-electron chi connectivity index (χ0n) is 13.8. The van der Waals surface area contributed by atoms with Crippen LogP contribution in [0.3, 0.4) is 0 Å². The summed E-state index contributed by atoms with van der Waals surface area (Å²) in [5.41, 5.74) is 1.93. The number of carbonyl (C=O) groups is 1. The molecule has 0 spiro atoms. The van der Waals surface area contributed by atoms with E-state index in [0.29, 0.717) is 22.5 Å². The zero-order valence-corrected chi connectivity index (χ0v) is 15.3. The monoisotopic (exact) mass is 365 g/mol. The molecule has 2 aromatic rings. The van der Waals surface area contributed by atoms with Gasteiger partial charge in [-0.3, -0.25) is 4.79 Å². The van der Waals surface area contributed by atoms with Crippen molar-refractivity contribution in [2.75, 3.05) is 6.61 Å². The number of halogens is 2. The average Bonchev–Trinajstić information content (AvgIpc) is 2.58. The van der Waals surface area contributed by atoms with Gasteiger partial charge < -0.3 is 10.1 Å². The van der Waals surface area contributed by atoms with E-state index in [-0.39, 0.29) is 12.5 Å². The zero-order chi connectivity index (χ0) is 17.5. The Morgan fingerprint density at radius 3 is 2.67 bits per heavy atom. The molecule has 1 amide bonds. The van der Waals surface area contributed by atoms with Gasteiger partial charge in [-0.1, -0.05) is 61.3 Å². The van der Waals surface area contributed by atoms with E-state index in [0.717, 1.165) is 23.3 Å². The predicted molar refractivity (Wildman–Crippen MR) is 99.0 cm³/mol. The van der Waals surface area contributed by atoms with E-state index in [4.69, 9.17) is 27.9 Å². The highest BCUT2D eigenvalue weighted by Gasteiger charge is 2.11. The lowest BCUT2D eigenvalue weighted by Crippen LogP contribution is -2.28. The molecule has 24 heavy (non-hydrogen) atoms. The fourth-order valence-electron chi connectivity index (χ4n) is 2.29. The summed E-state index contributed by atoms with van der Waals surface area (Å²) in [7, 11) is 0. The molecule has 0 aliphatic heterocycles. The Hall–Kier alpha value is -1.71. The van der Waals surface area contributed by atoms with Gasteiger partial charge in [0.1, 0.15) is 5.75 Å². The fourth-order valence-corrected chi connectivity index (χ4v) is 2.77. The van der Waals surface area contributed by atoms with E-state index in [1.165, 1.54) is 0 Å². The first-order chi connectivity index (χ1) is 11.5. The van der Waals surface area contributed by atoms with Crippen molar-refractivity contribution < 1.29 is 9.53 Å². The number of carbonyl (C=O) groups excluding carboxylic acids is 1. The summed E-state index contributed by atoms with van der Waals surface area (Å²) < 4.78 is 5.69. The van der Waals surface area contributed by atoms with Crippen LogP contribution in [-0.4, -0.2) is 12.5 Å². The number of benzene rings is 2. The van der Waals surface area contributed by atoms with Crippen LogP contribution in [0, 0.1) is 0 Å². The molecule has 5 heteroatoms. The second kappa shape index (κ2) is 8.95. The minimum absolute atomic E-state index is 0.0291. The molecule has 0 aromatic heterocycles. The molecule has 128 valence electrons. The molecule has 2 aromatic carbocycles. The van der Waals surface area contributed by atoms with E-state index < -0.39 is 0 Å². The molecule has 0 saturated heterocycles. The van der Waals surface area contributed by atoms with Crippen LogP contribution in [0.15, 0.2) is 42.5 Å². The quantitative estimate of drug-likeness (QED) is 0.731.